The molecule has 0 bridgehead atoms. The van der Waals surface area contributed by atoms with Crippen LogP contribution in [0.4, 0.5) is 5.00 Å². The highest BCUT2D eigenvalue weighted by Gasteiger charge is 2.28. The Labute approximate surface area is 223 Å². The van der Waals surface area contributed by atoms with Gasteiger partial charge in [-0.25, -0.2) is 18.2 Å². The van der Waals surface area contributed by atoms with Crippen LogP contribution in [0.5, 0.6) is 0 Å². The van der Waals surface area contributed by atoms with E-state index in [1.54, 1.807) is 6.92 Å². The minimum atomic E-state index is -3.57. The number of fused-ring (bicyclic) bond motifs is 1. The summed E-state index contributed by atoms with van der Waals surface area (Å²) in [6, 6.07) is 13.7. The molecule has 5 rings (SSSR count). The van der Waals surface area contributed by atoms with Gasteiger partial charge in [0.2, 0.25) is 10.0 Å². The fourth-order valence-electron chi connectivity index (χ4n) is 4.26. The Morgan fingerprint density at radius 3 is 2.43 bits per heavy atom. The van der Waals surface area contributed by atoms with E-state index in [2.05, 4.69) is 5.32 Å². The van der Waals surface area contributed by atoms with E-state index in [0.29, 0.717) is 44.7 Å². The molecule has 192 valence electrons. The number of thiazole rings is 1. The number of carbonyl (C=O) groups excluding carboxylic acids is 2. The van der Waals surface area contributed by atoms with E-state index in [-0.39, 0.29) is 11.5 Å². The fourth-order valence-corrected chi connectivity index (χ4v) is 8.01. The number of nitrogens with zero attached hydrogens (tertiary/aromatic N) is 2. The molecule has 1 fully saturated rings. The minimum Gasteiger partial charge on any atom is -0.462 e. The van der Waals surface area contributed by atoms with E-state index >= 15 is 0 Å². The van der Waals surface area contributed by atoms with Crippen molar-refractivity contribution in [3.8, 4) is 10.6 Å². The molecule has 0 saturated carbocycles. The summed E-state index contributed by atoms with van der Waals surface area (Å²) >= 11 is 2.62. The highest BCUT2D eigenvalue weighted by atomic mass is 32.2. The Morgan fingerprint density at radius 1 is 1.05 bits per heavy atom. The first kappa shape index (κ1) is 25.5. The van der Waals surface area contributed by atoms with Crippen LogP contribution in [-0.4, -0.2) is 49.3 Å². The molecule has 1 N–H and O–H groups in total. The summed E-state index contributed by atoms with van der Waals surface area (Å²) in [5.41, 5.74) is 2.50. The fraction of sp³-hybridized carbons (Fsp3) is 0.269. The lowest BCUT2D eigenvalue weighted by Crippen LogP contribution is -2.27. The molecule has 0 atom stereocenters. The van der Waals surface area contributed by atoms with E-state index in [9.17, 15) is 18.0 Å². The monoisotopic (exact) mass is 555 g/mol. The molecule has 0 spiro atoms. The zero-order valence-electron chi connectivity index (χ0n) is 20.3. The standard InChI is InChI=1S/C26H25N3O5S3/c1-3-34-26(31)22-16(2)21(24-27-19-8-4-5-9-20(19)35-24)25(36-22)28-23(30)17-10-12-18(13-11-17)37(32,33)29-14-6-7-15-29/h4-5,8-13H,3,6-7,14-15H2,1-2H3,(H,28,30). The number of hydrogen-bond donors (Lipinski definition) is 1. The molecule has 1 aliphatic heterocycles. The molecule has 1 amide bonds. The molecule has 2 aromatic carbocycles. The van der Waals surface area contributed by atoms with Crippen molar-refractivity contribution in [2.75, 3.05) is 25.0 Å². The van der Waals surface area contributed by atoms with Crippen LogP contribution < -0.4 is 5.32 Å². The Bertz CT molecular complexity index is 1550. The maximum absolute atomic E-state index is 13.2. The lowest BCUT2D eigenvalue weighted by atomic mass is 10.1. The Balaban J connectivity index is 1.47. The number of ether oxygens (including phenoxy) is 1. The topological polar surface area (TPSA) is 106 Å². The summed E-state index contributed by atoms with van der Waals surface area (Å²) in [4.78, 5) is 31.1. The SMILES string of the molecule is CCOC(=O)c1sc(NC(=O)c2ccc(S(=O)(=O)N3CCCC3)cc2)c(-c2nc3ccccc3s2)c1C. The van der Waals surface area contributed by atoms with Crippen molar-refractivity contribution >= 4 is 59.8 Å². The van der Waals surface area contributed by atoms with Crippen LogP contribution in [0.15, 0.2) is 53.4 Å². The number of esters is 1. The van der Waals surface area contributed by atoms with E-state index < -0.39 is 21.9 Å². The average Bonchev–Trinajstić information content (AvgIpc) is 3.63. The van der Waals surface area contributed by atoms with Gasteiger partial charge >= 0.3 is 5.97 Å². The van der Waals surface area contributed by atoms with Gasteiger partial charge in [0, 0.05) is 24.2 Å². The van der Waals surface area contributed by atoms with E-state index in [1.165, 1.54) is 39.9 Å². The van der Waals surface area contributed by atoms with Crippen molar-refractivity contribution in [3.05, 3.63) is 64.5 Å². The van der Waals surface area contributed by atoms with E-state index in [4.69, 9.17) is 9.72 Å². The van der Waals surface area contributed by atoms with Crippen LogP contribution in [0.3, 0.4) is 0 Å². The lowest BCUT2D eigenvalue weighted by Gasteiger charge is -2.15. The number of carbonyl (C=O) groups is 2. The molecular formula is C26H25N3O5S3. The minimum absolute atomic E-state index is 0.165. The summed E-state index contributed by atoms with van der Waals surface area (Å²) in [6.07, 6.45) is 1.70. The number of amides is 1. The van der Waals surface area contributed by atoms with Crippen molar-refractivity contribution in [2.24, 2.45) is 0 Å². The normalized spacial score (nSPS) is 14.2. The van der Waals surface area contributed by atoms with Gasteiger partial charge in [-0.05, 0) is 68.7 Å². The van der Waals surface area contributed by atoms with Crippen LogP contribution in [0, 0.1) is 6.92 Å². The van der Waals surface area contributed by atoms with Gasteiger partial charge < -0.3 is 10.1 Å². The number of rotatable bonds is 7. The molecule has 2 aromatic heterocycles. The third-order valence-electron chi connectivity index (χ3n) is 6.16. The Kier molecular flexibility index (Phi) is 7.13. The largest absolute Gasteiger partial charge is 0.462 e. The predicted molar refractivity (Wildman–Crippen MR) is 146 cm³/mol. The first-order chi connectivity index (χ1) is 17.8. The second kappa shape index (κ2) is 10.3. The lowest BCUT2D eigenvalue weighted by molar-refractivity contribution is 0.0531. The van der Waals surface area contributed by atoms with Gasteiger partial charge in [-0.15, -0.1) is 22.7 Å². The van der Waals surface area contributed by atoms with Gasteiger partial charge in [-0.1, -0.05) is 12.1 Å². The summed E-state index contributed by atoms with van der Waals surface area (Å²) in [7, 11) is -3.57. The summed E-state index contributed by atoms with van der Waals surface area (Å²) in [5, 5.41) is 4.09. The number of aromatic nitrogens is 1. The van der Waals surface area contributed by atoms with Crippen LogP contribution in [0.2, 0.25) is 0 Å². The third kappa shape index (κ3) is 4.91. The van der Waals surface area contributed by atoms with Crippen LogP contribution in [0.25, 0.3) is 20.8 Å². The van der Waals surface area contributed by atoms with Crippen molar-refractivity contribution in [1.82, 2.24) is 9.29 Å². The summed E-state index contributed by atoms with van der Waals surface area (Å²) in [5.74, 6) is -0.867. The van der Waals surface area contributed by atoms with Crippen LogP contribution in [-0.2, 0) is 14.8 Å². The van der Waals surface area contributed by atoms with Crippen LogP contribution >= 0.6 is 22.7 Å². The predicted octanol–water partition coefficient (Wildman–Crippen LogP) is 5.55. The molecule has 8 nitrogen and oxygen atoms in total. The van der Waals surface area contributed by atoms with Crippen molar-refractivity contribution < 1.29 is 22.7 Å². The third-order valence-corrected chi connectivity index (χ3v) is 10.3. The number of sulfonamides is 1. The highest BCUT2D eigenvalue weighted by molar-refractivity contribution is 7.89. The van der Waals surface area contributed by atoms with Gasteiger partial charge in [-0.2, -0.15) is 4.31 Å². The van der Waals surface area contributed by atoms with Crippen molar-refractivity contribution in [1.29, 1.82) is 0 Å². The molecule has 0 radical (unpaired) electrons. The maximum atomic E-state index is 13.2. The van der Waals surface area contributed by atoms with Crippen molar-refractivity contribution in [2.45, 2.75) is 31.6 Å². The Hall–Kier alpha value is -3.12. The summed E-state index contributed by atoms with van der Waals surface area (Å²) in [6.45, 7) is 4.82. The summed E-state index contributed by atoms with van der Waals surface area (Å²) < 4.78 is 33.3. The van der Waals surface area contributed by atoms with Gasteiger partial charge in [0.15, 0.2) is 0 Å². The number of benzene rings is 2. The number of anilines is 1. The number of thiophene rings is 1. The van der Waals surface area contributed by atoms with Gasteiger partial charge in [0.1, 0.15) is 14.9 Å². The quantitative estimate of drug-likeness (QED) is 0.300. The smallest absolute Gasteiger partial charge is 0.348 e. The van der Waals surface area contributed by atoms with Gasteiger partial charge in [0.05, 0.1) is 21.7 Å². The molecule has 0 aliphatic carbocycles. The second-order valence-electron chi connectivity index (χ2n) is 8.56. The molecule has 1 saturated heterocycles. The zero-order chi connectivity index (χ0) is 26.2. The number of nitrogens with one attached hydrogen (secondary N) is 1. The Morgan fingerprint density at radius 2 is 1.76 bits per heavy atom. The first-order valence-electron chi connectivity index (χ1n) is 11.9. The molecule has 4 aromatic rings. The second-order valence-corrected chi connectivity index (χ2v) is 12.5. The first-order valence-corrected chi connectivity index (χ1v) is 14.9. The average molecular weight is 556 g/mol. The number of para-hydroxylation sites is 1. The number of hydrogen-bond acceptors (Lipinski definition) is 8. The van der Waals surface area contributed by atoms with E-state index in [1.807, 2.05) is 31.2 Å². The molecule has 11 heteroatoms. The zero-order valence-corrected chi connectivity index (χ0v) is 22.8. The van der Waals surface area contributed by atoms with E-state index in [0.717, 1.165) is 34.4 Å². The molecule has 3 heterocycles. The van der Waals surface area contributed by atoms with Gasteiger partial charge in [-0.3, -0.25) is 4.79 Å². The molecule has 1 aliphatic rings. The molecular weight excluding hydrogens is 531 g/mol. The van der Waals surface area contributed by atoms with Crippen molar-refractivity contribution in [3.63, 3.8) is 0 Å². The molecule has 37 heavy (non-hydrogen) atoms. The highest BCUT2D eigenvalue weighted by Crippen LogP contribution is 2.43. The van der Waals surface area contributed by atoms with Gasteiger partial charge in [0.25, 0.3) is 5.91 Å². The molecule has 0 unspecified atom stereocenters. The maximum Gasteiger partial charge on any atom is 0.348 e. The van der Waals surface area contributed by atoms with Crippen LogP contribution in [0.1, 0.15) is 45.4 Å².